The van der Waals surface area contributed by atoms with Crippen molar-refractivity contribution in [3.63, 3.8) is 0 Å². The molecule has 0 N–H and O–H groups in total. The summed E-state index contributed by atoms with van der Waals surface area (Å²) in [7, 11) is 0. The van der Waals surface area contributed by atoms with Gasteiger partial charge in [0.25, 0.3) is 0 Å². The van der Waals surface area contributed by atoms with E-state index < -0.39 is 0 Å². The van der Waals surface area contributed by atoms with Gasteiger partial charge in [-0.1, -0.05) is 12.1 Å². The summed E-state index contributed by atoms with van der Waals surface area (Å²) in [5.41, 5.74) is 2.52. The molecular formula is C14H17NS. The van der Waals surface area contributed by atoms with Crippen molar-refractivity contribution in [3.8, 4) is 6.07 Å². The van der Waals surface area contributed by atoms with Gasteiger partial charge in [0, 0.05) is 4.90 Å². The van der Waals surface area contributed by atoms with Crippen LogP contribution in [0.15, 0.2) is 23.1 Å². The van der Waals surface area contributed by atoms with Crippen LogP contribution in [0, 0.1) is 16.7 Å². The average Bonchev–Trinajstić information content (AvgIpc) is 2.28. The first kappa shape index (κ1) is 11.5. The van der Waals surface area contributed by atoms with Crippen LogP contribution in [0.2, 0.25) is 0 Å². The largest absolute Gasteiger partial charge is 0.198 e. The van der Waals surface area contributed by atoms with Crippen molar-refractivity contribution in [2.75, 3.05) is 5.75 Å². The van der Waals surface area contributed by atoms with E-state index in [9.17, 15) is 0 Å². The van der Waals surface area contributed by atoms with Crippen LogP contribution in [0.1, 0.15) is 31.4 Å². The van der Waals surface area contributed by atoms with Gasteiger partial charge in [0.1, 0.15) is 0 Å². The summed E-state index contributed by atoms with van der Waals surface area (Å²) in [5.74, 6) is 1.25. The molecule has 0 amide bonds. The number of hydrogen-bond acceptors (Lipinski definition) is 2. The molecule has 16 heavy (non-hydrogen) atoms. The van der Waals surface area contributed by atoms with Crippen molar-refractivity contribution in [1.29, 1.82) is 5.26 Å². The van der Waals surface area contributed by atoms with E-state index in [-0.39, 0.29) is 5.41 Å². The molecule has 0 radical (unpaired) electrons. The van der Waals surface area contributed by atoms with Crippen LogP contribution >= 0.6 is 11.8 Å². The molecule has 0 atom stereocenters. The number of fused-ring (bicyclic) bond motifs is 1. The monoisotopic (exact) mass is 231 g/mol. The molecule has 0 unspecified atom stereocenters. The van der Waals surface area contributed by atoms with Gasteiger partial charge in [-0.3, -0.25) is 0 Å². The Balaban J connectivity index is 2.21. The van der Waals surface area contributed by atoms with E-state index in [0.717, 1.165) is 6.42 Å². The van der Waals surface area contributed by atoms with E-state index in [1.54, 1.807) is 0 Å². The summed E-state index contributed by atoms with van der Waals surface area (Å²) in [6.45, 7) is 4.00. The number of nitriles is 1. The Morgan fingerprint density at radius 1 is 1.44 bits per heavy atom. The molecule has 1 heterocycles. The summed E-state index contributed by atoms with van der Waals surface area (Å²) in [6, 6.07) is 9.06. The zero-order valence-corrected chi connectivity index (χ0v) is 10.7. The van der Waals surface area contributed by atoms with E-state index in [2.05, 4.69) is 24.3 Å². The average molecular weight is 231 g/mol. The van der Waals surface area contributed by atoms with Gasteiger partial charge in [-0.05, 0) is 56.1 Å². The number of nitrogens with zero attached hydrogens (tertiary/aromatic N) is 1. The molecule has 2 rings (SSSR count). The molecule has 0 bridgehead atoms. The second kappa shape index (κ2) is 4.51. The molecule has 1 aliphatic heterocycles. The standard InChI is InChI=1S/C14H17NS/c1-14(2,10-15)9-11-5-6-13-12(8-11)4-3-7-16-13/h5-6,8H,3-4,7,9H2,1-2H3. The summed E-state index contributed by atoms with van der Waals surface area (Å²) in [4.78, 5) is 1.43. The summed E-state index contributed by atoms with van der Waals surface area (Å²) in [5, 5.41) is 9.04. The van der Waals surface area contributed by atoms with Gasteiger partial charge in [-0.25, -0.2) is 0 Å². The fraction of sp³-hybridized carbons (Fsp3) is 0.500. The van der Waals surface area contributed by atoms with E-state index in [1.807, 2.05) is 25.6 Å². The Bertz CT molecular complexity index is 429. The van der Waals surface area contributed by atoms with Gasteiger partial charge in [-0.15, -0.1) is 11.8 Å². The Labute approximate surface area is 102 Å². The first-order chi connectivity index (χ1) is 7.61. The molecule has 0 fully saturated rings. The quantitative estimate of drug-likeness (QED) is 0.772. The fourth-order valence-electron chi connectivity index (χ4n) is 2.07. The van der Waals surface area contributed by atoms with Gasteiger partial charge in [0.15, 0.2) is 0 Å². The summed E-state index contributed by atoms with van der Waals surface area (Å²) >= 11 is 1.96. The van der Waals surface area contributed by atoms with E-state index in [1.165, 1.54) is 34.6 Å². The van der Waals surface area contributed by atoms with Gasteiger partial charge in [-0.2, -0.15) is 5.26 Å². The molecule has 0 aliphatic carbocycles. The zero-order valence-electron chi connectivity index (χ0n) is 9.92. The number of aryl methyl sites for hydroxylation is 1. The van der Waals surface area contributed by atoms with Crippen LogP contribution in [-0.4, -0.2) is 5.75 Å². The predicted molar refractivity (Wildman–Crippen MR) is 68.6 cm³/mol. The second-order valence-electron chi connectivity index (χ2n) is 5.07. The van der Waals surface area contributed by atoms with Gasteiger partial charge in [0.2, 0.25) is 0 Å². The third-order valence-corrected chi connectivity index (χ3v) is 4.12. The van der Waals surface area contributed by atoms with Crippen molar-refractivity contribution < 1.29 is 0 Å². The van der Waals surface area contributed by atoms with Crippen LogP contribution in [-0.2, 0) is 12.8 Å². The molecule has 1 aromatic carbocycles. The molecule has 0 aromatic heterocycles. The normalized spacial score (nSPS) is 15.3. The van der Waals surface area contributed by atoms with Gasteiger partial charge in [0.05, 0.1) is 11.5 Å². The molecule has 0 spiro atoms. The first-order valence-corrected chi connectivity index (χ1v) is 6.75. The lowest BCUT2D eigenvalue weighted by Gasteiger charge is -2.19. The van der Waals surface area contributed by atoms with Crippen LogP contribution in [0.3, 0.4) is 0 Å². The highest BCUT2D eigenvalue weighted by molar-refractivity contribution is 7.99. The van der Waals surface area contributed by atoms with Crippen LogP contribution in [0.25, 0.3) is 0 Å². The summed E-state index contributed by atoms with van der Waals surface area (Å²) < 4.78 is 0. The summed E-state index contributed by atoms with van der Waals surface area (Å²) in [6.07, 6.45) is 3.33. The second-order valence-corrected chi connectivity index (χ2v) is 6.20. The molecule has 1 nitrogen and oxygen atoms in total. The lowest BCUT2D eigenvalue weighted by molar-refractivity contribution is 0.493. The minimum atomic E-state index is -0.254. The maximum atomic E-state index is 9.04. The Hall–Kier alpha value is -0.940. The van der Waals surface area contributed by atoms with Crippen LogP contribution in [0.4, 0.5) is 0 Å². The smallest absolute Gasteiger partial charge is 0.0687 e. The van der Waals surface area contributed by atoms with E-state index in [0.29, 0.717) is 0 Å². The fourth-order valence-corrected chi connectivity index (χ4v) is 3.09. The minimum absolute atomic E-state index is 0.254. The van der Waals surface area contributed by atoms with Crippen LogP contribution in [0.5, 0.6) is 0 Å². The number of hydrogen-bond donors (Lipinski definition) is 0. The number of thioether (sulfide) groups is 1. The van der Waals surface area contributed by atoms with Gasteiger partial charge < -0.3 is 0 Å². The third kappa shape index (κ3) is 2.59. The van der Waals surface area contributed by atoms with Crippen molar-refractivity contribution in [1.82, 2.24) is 0 Å². The van der Waals surface area contributed by atoms with Crippen molar-refractivity contribution >= 4 is 11.8 Å². The molecule has 1 aliphatic rings. The molecular weight excluding hydrogens is 214 g/mol. The Morgan fingerprint density at radius 3 is 3.00 bits per heavy atom. The first-order valence-electron chi connectivity index (χ1n) is 5.77. The lowest BCUT2D eigenvalue weighted by Crippen LogP contribution is -2.12. The predicted octanol–water partition coefficient (Wildman–Crippen LogP) is 3.82. The highest BCUT2D eigenvalue weighted by Gasteiger charge is 2.18. The maximum absolute atomic E-state index is 9.04. The van der Waals surface area contributed by atoms with Crippen molar-refractivity contribution in [2.24, 2.45) is 5.41 Å². The topological polar surface area (TPSA) is 23.8 Å². The Kier molecular flexibility index (Phi) is 3.25. The number of rotatable bonds is 2. The molecule has 0 saturated carbocycles. The lowest BCUT2D eigenvalue weighted by atomic mass is 9.87. The van der Waals surface area contributed by atoms with Crippen LogP contribution < -0.4 is 0 Å². The molecule has 84 valence electrons. The Morgan fingerprint density at radius 2 is 2.25 bits per heavy atom. The number of benzene rings is 1. The highest BCUT2D eigenvalue weighted by Crippen LogP contribution is 2.32. The van der Waals surface area contributed by atoms with Gasteiger partial charge >= 0.3 is 0 Å². The molecule has 2 heteroatoms. The molecule has 1 aromatic rings. The SMILES string of the molecule is CC(C)(C#N)Cc1ccc2c(c1)CCCS2. The highest BCUT2D eigenvalue weighted by atomic mass is 32.2. The molecule has 0 saturated heterocycles. The van der Waals surface area contributed by atoms with E-state index >= 15 is 0 Å². The van der Waals surface area contributed by atoms with Crippen molar-refractivity contribution in [2.45, 2.75) is 38.0 Å². The minimum Gasteiger partial charge on any atom is -0.198 e. The van der Waals surface area contributed by atoms with E-state index in [4.69, 9.17) is 5.26 Å². The van der Waals surface area contributed by atoms with Crippen molar-refractivity contribution in [3.05, 3.63) is 29.3 Å². The third-order valence-electron chi connectivity index (χ3n) is 2.92. The zero-order chi connectivity index (χ0) is 11.6. The maximum Gasteiger partial charge on any atom is 0.0687 e.